The first kappa shape index (κ1) is 25.4. The predicted octanol–water partition coefficient (Wildman–Crippen LogP) is 6.22. The van der Waals surface area contributed by atoms with Gasteiger partial charge in [0, 0.05) is 30.4 Å². The molecule has 3 heterocycles. The van der Waals surface area contributed by atoms with Crippen molar-refractivity contribution in [1.82, 2.24) is 14.6 Å². The van der Waals surface area contributed by atoms with Gasteiger partial charge in [0.1, 0.15) is 35.2 Å². The van der Waals surface area contributed by atoms with Gasteiger partial charge in [-0.15, -0.1) is 5.10 Å². The molecule has 202 valence electrons. The Balaban J connectivity index is 1.25. The van der Waals surface area contributed by atoms with E-state index in [0.717, 1.165) is 10.9 Å². The lowest BCUT2D eigenvalue weighted by atomic mass is 10.1. The van der Waals surface area contributed by atoms with Crippen LogP contribution in [-0.2, 0) is 6.61 Å². The first-order valence-electron chi connectivity index (χ1n) is 12.2. The number of anilines is 1. The normalized spacial score (nSPS) is 11.2. The second-order valence-electron chi connectivity index (χ2n) is 8.91. The number of carbonyl (C=O) groups is 1. The molecule has 0 aliphatic rings. The summed E-state index contributed by atoms with van der Waals surface area (Å²) >= 11 is 1.33. The van der Waals surface area contributed by atoms with Crippen molar-refractivity contribution in [3.8, 4) is 28.1 Å². The number of nitrogens with zero attached hydrogens (tertiary/aromatic N) is 4. The highest BCUT2D eigenvalue weighted by atomic mass is 32.1. The molecular weight excluding hydrogens is 535 g/mol. The molecule has 0 spiro atoms. The van der Waals surface area contributed by atoms with Gasteiger partial charge in [-0.05, 0) is 53.3 Å². The van der Waals surface area contributed by atoms with E-state index in [0.29, 0.717) is 44.4 Å². The molecule has 3 aromatic carbocycles. The quantitative estimate of drug-likeness (QED) is 0.219. The number of fused-ring (bicyclic) bond motifs is 2. The van der Waals surface area contributed by atoms with Crippen LogP contribution in [0.5, 0.6) is 16.7 Å². The number of imidazole rings is 1. The van der Waals surface area contributed by atoms with Gasteiger partial charge in [-0.3, -0.25) is 4.79 Å². The molecule has 3 aromatic heterocycles. The molecule has 0 N–H and O–H groups in total. The number of furan rings is 1. The fourth-order valence-electron chi connectivity index (χ4n) is 4.28. The average Bonchev–Trinajstić information content (AvgIpc) is 3.68. The Kier molecular flexibility index (Phi) is 6.56. The van der Waals surface area contributed by atoms with Crippen molar-refractivity contribution in [2.75, 3.05) is 26.2 Å². The van der Waals surface area contributed by atoms with Crippen LogP contribution in [0.15, 0.2) is 77.3 Å². The molecule has 0 bridgehead atoms. The zero-order valence-corrected chi connectivity index (χ0v) is 22.6. The topological polar surface area (TPSA) is 91.3 Å². The first-order chi connectivity index (χ1) is 19.4. The molecule has 0 radical (unpaired) electrons. The molecule has 0 saturated heterocycles. The number of methoxy groups -OCH3 is 2. The highest BCUT2D eigenvalue weighted by Gasteiger charge is 2.18. The van der Waals surface area contributed by atoms with Gasteiger partial charge in [0.05, 0.1) is 25.8 Å². The Bertz CT molecular complexity index is 1830. The van der Waals surface area contributed by atoms with Gasteiger partial charge in [0.15, 0.2) is 5.76 Å². The molecule has 0 fully saturated rings. The molecule has 6 aromatic rings. The summed E-state index contributed by atoms with van der Waals surface area (Å²) in [5.74, 6) is 0.933. The lowest BCUT2D eigenvalue weighted by Gasteiger charge is -2.18. The fraction of sp³-hybridized carbons (Fsp3) is 0.138. The van der Waals surface area contributed by atoms with E-state index in [2.05, 4.69) is 10.1 Å². The minimum atomic E-state index is -0.460. The first-order valence-corrected chi connectivity index (χ1v) is 13.0. The molecule has 40 heavy (non-hydrogen) atoms. The van der Waals surface area contributed by atoms with E-state index in [1.807, 2.05) is 30.3 Å². The molecular formula is C29H23FN4O5S. The molecule has 0 aliphatic carbocycles. The van der Waals surface area contributed by atoms with Gasteiger partial charge in [-0.25, -0.2) is 13.9 Å². The van der Waals surface area contributed by atoms with E-state index < -0.39 is 5.82 Å². The van der Waals surface area contributed by atoms with Crippen molar-refractivity contribution in [2.45, 2.75) is 6.61 Å². The molecule has 11 heteroatoms. The summed E-state index contributed by atoms with van der Waals surface area (Å²) in [5, 5.41) is 5.59. The van der Waals surface area contributed by atoms with Crippen LogP contribution < -0.4 is 19.1 Å². The third-order valence-corrected chi connectivity index (χ3v) is 7.21. The lowest BCUT2D eigenvalue weighted by molar-refractivity contribution is 0.0992. The smallest absolute Gasteiger partial charge is 0.294 e. The van der Waals surface area contributed by atoms with Crippen LogP contribution in [0, 0.1) is 5.82 Å². The summed E-state index contributed by atoms with van der Waals surface area (Å²) < 4.78 is 38.2. The monoisotopic (exact) mass is 558 g/mol. The van der Waals surface area contributed by atoms with Crippen molar-refractivity contribution in [3.05, 3.63) is 89.9 Å². The molecule has 0 saturated carbocycles. The van der Waals surface area contributed by atoms with E-state index in [-0.39, 0.29) is 18.1 Å². The van der Waals surface area contributed by atoms with Crippen molar-refractivity contribution >= 4 is 38.9 Å². The zero-order chi connectivity index (χ0) is 27.8. The minimum Gasteiger partial charge on any atom is -0.496 e. The largest absolute Gasteiger partial charge is 0.496 e. The second kappa shape index (κ2) is 10.3. The Morgan fingerprint density at radius 3 is 2.70 bits per heavy atom. The Labute approximate surface area is 231 Å². The van der Waals surface area contributed by atoms with Gasteiger partial charge in [0.25, 0.3) is 11.1 Å². The maximum Gasteiger partial charge on any atom is 0.294 e. The number of benzene rings is 3. The van der Waals surface area contributed by atoms with E-state index in [4.69, 9.17) is 18.6 Å². The van der Waals surface area contributed by atoms with Crippen LogP contribution in [0.3, 0.4) is 0 Å². The Morgan fingerprint density at radius 2 is 1.93 bits per heavy atom. The summed E-state index contributed by atoms with van der Waals surface area (Å²) in [6.45, 7) is 0.225. The van der Waals surface area contributed by atoms with Gasteiger partial charge in [-0.2, -0.15) is 0 Å². The number of rotatable bonds is 8. The molecule has 6 rings (SSSR count). The number of hydrogen-bond donors (Lipinski definition) is 0. The minimum absolute atomic E-state index is 0.225. The van der Waals surface area contributed by atoms with Crippen LogP contribution in [-0.4, -0.2) is 41.8 Å². The van der Waals surface area contributed by atoms with Crippen LogP contribution in [0.1, 0.15) is 15.9 Å². The lowest BCUT2D eigenvalue weighted by Crippen LogP contribution is -2.26. The van der Waals surface area contributed by atoms with Crippen molar-refractivity contribution < 1.29 is 27.8 Å². The maximum atomic E-state index is 13.6. The standard InChI is InChI=1S/C29H23FN4O5S/c1-33(27(35)18-7-5-8-19(30)11-18)20-9-4-6-17(10-20)16-38-24-12-21(36-2)13-25-22(24)14-26(39-25)23-15-34-28(31-23)40-29(32-34)37-3/h4-15H,16H2,1-3H3. The number of aromatic nitrogens is 3. The van der Waals surface area contributed by atoms with E-state index in [1.165, 1.54) is 34.4 Å². The Morgan fingerprint density at radius 1 is 1.07 bits per heavy atom. The third kappa shape index (κ3) is 4.82. The molecule has 0 atom stereocenters. The predicted molar refractivity (Wildman–Crippen MR) is 149 cm³/mol. The summed E-state index contributed by atoms with van der Waals surface area (Å²) in [6.07, 6.45) is 1.77. The average molecular weight is 559 g/mol. The highest BCUT2D eigenvalue weighted by molar-refractivity contribution is 7.18. The number of carbonyl (C=O) groups excluding carboxylic acids is 1. The van der Waals surface area contributed by atoms with Gasteiger partial charge in [0.2, 0.25) is 4.96 Å². The summed E-state index contributed by atoms with van der Waals surface area (Å²) in [5.41, 5.74) is 2.97. The maximum absolute atomic E-state index is 13.6. The highest BCUT2D eigenvalue weighted by Crippen LogP contribution is 2.37. The van der Waals surface area contributed by atoms with E-state index >= 15 is 0 Å². The van der Waals surface area contributed by atoms with Gasteiger partial charge < -0.3 is 23.5 Å². The SMILES string of the molecule is COc1cc(OCc2cccc(N(C)C(=O)c3cccc(F)c3)c2)c2cc(-c3cn4nc(OC)sc4n3)oc2c1. The third-order valence-electron chi connectivity index (χ3n) is 6.33. The van der Waals surface area contributed by atoms with Crippen LogP contribution in [0.2, 0.25) is 0 Å². The molecule has 9 nitrogen and oxygen atoms in total. The Hall–Kier alpha value is -4.90. The number of hydrogen-bond acceptors (Lipinski definition) is 8. The fourth-order valence-corrected chi connectivity index (χ4v) is 4.98. The molecule has 0 aliphatic heterocycles. The van der Waals surface area contributed by atoms with Crippen LogP contribution in [0.25, 0.3) is 27.4 Å². The number of halogens is 1. The summed E-state index contributed by atoms with van der Waals surface area (Å²) in [4.78, 5) is 19.6. The van der Waals surface area contributed by atoms with E-state index in [1.54, 1.807) is 50.2 Å². The van der Waals surface area contributed by atoms with Crippen LogP contribution in [0.4, 0.5) is 10.1 Å². The van der Waals surface area contributed by atoms with Gasteiger partial charge >= 0.3 is 0 Å². The molecule has 0 unspecified atom stereocenters. The van der Waals surface area contributed by atoms with Crippen LogP contribution >= 0.6 is 11.3 Å². The van der Waals surface area contributed by atoms with E-state index in [9.17, 15) is 9.18 Å². The number of ether oxygens (including phenoxy) is 3. The number of amides is 1. The van der Waals surface area contributed by atoms with Crippen molar-refractivity contribution in [1.29, 1.82) is 0 Å². The zero-order valence-electron chi connectivity index (χ0n) is 21.8. The molecule has 1 amide bonds. The van der Waals surface area contributed by atoms with Crippen molar-refractivity contribution in [3.63, 3.8) is 0 Å². The van der Waals surface area contributed by atoms with Gasteiger partial charge in [-0.1, -0.05) is 18.2 Å². The second-order valence-corrected chi connectivity index (χ2v) is 9.82. The summed E-state index contributed by atoms with van der Waals surface area (Å²) in [6, 6.07) is 18.5. The summed E-state index contributed by atoms with van der Waals surface area (Å²) in [7, 11) is 4.79. The van der Waals surface area contributed by atoms with Crippen molar-refractivity contribution in [2.24, 2.45) is 0 Å².